The van der Waals surface area contributed by atoms with Gasteiger partial charge in [0, 0.05) is 24.8 Å². The lowest BCUT2D eigenvalue weighted by Crippen LogP contribution is -2.43. The summed E-state index contributed by atoms with van der Waals surface area (Å²) in [6.45, 7) is 2.92. The SMILES string of the molecule is O=C(O)C(F)(F)F.O=C(c1ccccc1)N1CCC2(CC1)COC(COc1cccnc1)C2. The van der Waals surface area contributed by atoms with Crippen molar-refractivity contribution in [3.8, 4) is 5.75 Å². The van der Waals surface area contributed by atoms with Crippen LogP contribution in [0.2, 0.25) is 0 Å². The monoisotopic (exact) mass is 466 g/mol. The molecule has 1 unspecified atom stereocenters. The molecule has 0 aliphatic carbocycles. The number of pyridine rings is 1. The van der Waals surface area contributed by atoms with Gasteiger partial charge >= 0.3 is 12.1 Å². The van der Waals surface area contributed by atoms with Crippen molar-refractivity contribution in [2.75, 3.05) is 26.3 Å². The number of piperidine rings is 1. The van der Waals surface area contributed by atoms with Gasteiger partial charge in [-0.05, 0) is 48.9 Å². The van der Waals surface area contributed by atoms with Crippen LogP contribution in [0.1, 0.15) is 29.6 Å². The highest BCUT2D eigenvalue weighted by molar-refractivity contribution is 5.94. The molecular formula is C23H25F3N2O5. The molecule has 0 radical (unpaired) electrons. The number of ether oxygens (including phenoxy) is 2. The largest absolute Gasteiger partial charge is 0.490 e. The molecule has 1 amide bonds. The summed E-state index contributed by atoms with van der Waals surface area (Å²) in [4.78, 5) is 27.5. The van der Waals surface area contributed by atoms with Crippen molar-refractivity contribution in [1.82, 2.24) is 9.88 Å². The second-order valence-corrected chi connectivity index (χ2v) is 8.10. The molecule has 2 aliphatic heterocycles. The van der Waals surface area contributed by atoms with E-state index in [0.717, 1.165) is 50.3 Å². The first kappa shape index (κ1) is 24.5. The molecule has 0 saturated carbocycles. The van der Waals surface area contributed by atoms with Gasteiger partial charge in [0.05, 0.1) is 18.9 Å². The van der Waals surface area contributed by atoms with E-state index in [9.17, 15) is 18.0 Å². The third-order valence-electron chi connectivity index (χ3n) is 5.73. The van der Waals surface area contributed by atoms with E-state index < -0.39 is 12.1 Å². The summed E-state index contributed by atoms with van der Waals surface area (Å²) < 4.78 is 43.5. The number of aromatic nitrogens is 1. The van der Waals surface area contributed by atoms with E-state index in [4.69, 9.17) is 19.4 Å². The van der Waals surface area contributed by atoms with Gasteiger partial charge in [-0.2, -0.15) is 13.2 Å². The van der Waals surface area contributed by atoms with Crippen molar-refractivity contribution in [3.63, 3.8) is 0 Å². The fourth-order valence-corrected chi connectivity index (χ4v) is 3.92. The Morgan fingerprint density at radius 3 is 2.39 bits per heavy atom. The molecule has 4 rings (SSSR count). The maximum Gasteiger partial charge on any atom is 0.490 e. The third kappa shape index (κ3) is 6.92. The Kier molecular flexibility index (Phi) is 7.91. The summed E-state index contributed by atoms with van der Waals surface area (Å²) in [7, 11) is 0. The van der Waals surface area contributed by atoms with Crippen molar-refractivity contribution in [2.24, 2.45) is 5.41 Å². The predicted octanol–water partition coefficient (Wildman–Crippen LogP) is 3.81. The quantitative estimate of drug-likeness (QED) is 0.737. The fraction of sp³-hybridized carbons (Fsp3) is 0.435. The molecule has 1 aromatic carbocycles. The van der Waals surface area contributed by atoms with Gasteiger partial charge in [0.2, 0.25) is 0 Å². The van der Waals surface area contributed by atoms with Crippen LogP contribution >= 0.6 is 0 Å². The lowest BCUT2D eigenvalue weighted by Gasteiger charge is -2.38. The first-order valence-electron chi connectivity index (χ1n) is 10.5. The lowest BCUT2D eigenvalue weighted by atomic mass is 9.76. The predicted molar refractivity (Wildman–Crippen MR) is 112 cm³/mol. The van der Waals surface area contributed by atoms with Crippen LogP contribution in [-0.2, 0) is 9.53 Å². The van der Waals surface area contributed by atoms with Crippen molar-refractivity contribution in [1.29, 1.82) is 0 Å². The number of carboxylic acids is 1. The molecule has 178 valence electrons. The van der Waals surface area contributed by atoms with Gasteiger partial charge in [0.15, 0.2) is 0 Å². The van der Waals surface area contributed by atoms with Gasteiger partial charge in [-0.25, -0.2) is 4.79 Å². The number of carbonyl (C=O) groups is 2. The van der Waals surface area contributed by atoms with Crippen LogP contribution in [-0.4, -0.2) is 65.5 Å². The zero-order chi connectivity index (χ0) is 23.9. The summed E-state index contributed by atoms with van der Waals surface area (Å²) in [6, 6.07) is 13.3. The van der Waals surface area contributed by atoms with Crippen molar-refractivity contribution >= 4 is 11.9 Å². The Hall–Kier alpha value is -3.14. The standard InChI is InChI=1S/C21H24N2O3.C2HF3O2/c24-20(17-5-2-1-3-6-17)23-11-8-21(9-12-23)13-19(26-16-21)15-25-18-7-4-10-22-14-18;3-2(4,5)1(6)7/h1-7,10,14,19H,8-9,11-13,15-16H2;(H,6,7). The maximum absolute atomic E-state index is 12.6. The van der Waals surface area contributed by atoms with Crippen molar-refractivity contribution in [3.05, 3.63) is 60.4 Å². The minimum absolute atomic E-state index is 0.117. The van der Waals surface area contributed by atoms with Crippen LogP contribution < -0.4 is 4.74 Å². The number of hydrogen-bond donors (Lipinski definition) is 1. The number of rotatable bonds is 4. The minimum atomic E-state index is -5.08. The van der Waals surface area contributed by atoms with E-state index in [1.165, 1.54) is 0 Å². The Bertz CT molecular complexity index is 917. The number of amides is 1. The molecule has 1 atom stereocenters. The Morgan fingerprint density at radius 1 is 1.15 bits per heavy atom. The average molecular weight is 466 g/mol. The van der Waals surface area contributed by atoms with Crippen LogP contribution in [0.4, 0.5) is 13.2 Å². The topological polar surface area (TPSA) is 89.0 Å². The molecular weight excluding hydrogens is 441 g/mol. The molecule has 1 aromatic heterocycles. The molecule has 0 bridgehead atoms. The van der Waals surface area contributed by atoms with Crippen LogP contribution in [0.15, 0.2) is 54.9 Å². The van der Waals surface area contributed by atoms with E-state index in [1.54, 1.807) is 12.4 Å². The van der Waals surface area contributed by atoms with E-state index in [0.29, 0.717) is 6.61 Å². The molecule has 3 heterocycles. The Morgan fingerprint density at radius 2 is 1.82 bits per heavy atom. The van der Waals surface area contributed by atoms with Gasteiger partial charge in [0.25, 0.3) is 5.91 Å². The maximum atomic E-state index is 12.6. The molecule has 7 nitrogen and oxygen atoms in total. The highest BCUT2D eigenvalue weighted by Crippen LogP contribution is 2.42. The van der Waals surface area contributed by atoms with Gasteiger partial charge in [0.1, 0.15) is 12.4 Å². The number of alkyl halides is 3. The number of hydrogen-bond acceptors (Lipinski definition) is 5. The summed E-state index contributed by atoms with van der Waals surface area (Å²) in [5.74, 6) is -1.84. The molecule has 2 aromatic rings. The lowest BCUT2D eigenvalue weighted by molar-refractivity contribution is -0.192. The Balaban J connectivity index is 0.000000383. The smallest absolute Gasteiger partial charge is 0.489 e. The van der Waals surface area contributed by atoms with E-state index >= 15 is 0 Å². The number of carbonyl (C=O) groups excluding carboxylic acids is 1. The second kappa shape index (κ2) is 10.7. The highest BCUT2D eigenvalue weighted by Gasteiger charge is 2.43. The molecule has 2 aliphatic rings. The summed E-state index contributed by atoms with van der Waals surface area (Å²) in [5.41, 5.74) is 0.963. The first-order chi connectivity index (χ1) is 15.7. The van der Waals surface area contributed by atoms with Crippen molar-refractivity contribution in [2.45, 2.75) is 31.5 Å². The third-order valence-corrected chi connectivity index (χ3v) is 5.73. The molecule has 10 heteroatoms. The molecule has 2 fully saturated rings. The minimum Gasteiger partial charge on any atom is -0.489 e. The highest BCUT2D eigenvalue weighted by atomic mass is 19.4. The number of benzene rings is 1. The van der Waals surface area contributed by atoms with Gasteiger partial charge in [-0.15, -0.1) is 0 Å². The van der Waals surface area contributed by atoms with E-state index in [2.05, 4.69) is 4.98 Å². The van der Waals surface area contributed by atoms with E-state index in [-0.39, 0.29) is 17.4 Å². The van der Waals surface area contributed by atoms with Crippen molar-refractivity contribution < 1.29 is 37.3 Å². The fourth-order valence-electron chi connectivity index (χ4n) is 3.92. The molecule has 2 saturated heterocycles. The molecule has 1 N–H and O–H groups in total. The van der Waals surface area contributed by atoms with Gasteiger partial charge in [-0.1, -0.05) is 18.2 Å². The van der Waals surface area contributed by atoms with Gasteiger partial charge in [-0.3, -0.25) is 9.78 Å². The second-order valence-electron chi connectivity index (χ2n) is 8.10. The Labute approximate surface area is 189 Å². The summed E-state index contributed by atoms with van der Waals surface area (Å²) in [6.07, 6.45) is 1.48. The number of nitrogens with zero attached hydrogens (tertiary/aromatic N) is 2. The van der Waals surface area contributed by atoms with Crippen LogP contribution in [0.25, 0.3) is 0 Å². The zero-order valence-electron chi connectivity index (χ0n) is 17.8. The molecule has 33 heavy (non-hydrogen) atoms. The first-order valence-corrected chi connectivity index (χ1v) is 10.5. The van der Waals surface area contributed by atoms with Crippen LogP contribution in [0.5, 0.6) is 5.75 Å². The van der Waals surface area contributed by atoms with Gasteiger partial charge < -0.3 is 19.5 Å². The van der Waals surface area contributed by atoms with Crippen LogP contribution in [0, 0.1) is 5.41 Å². The zero-order valence-corrected chi connectivity index (χ0v) is 17.8. The number of halogens is 3. The van der Waals surface area contributed by atoms with E-state index in [1.807, 2.05) is 47.4 Å². The number of carboxylic acid groups (broad SMARTS) is 1. The normalized spacial score (nSPS) is 19.5. The molecule has 1 spiro atoms. The summed E-state index contributed by atoms with van der Waals surface area (Å²) in [5, 5.41) is 7.12. The number of aliphatic carboxylic acids is 1. The average Bonchev–Trinajstić information content (AvgIpc) is 3.21. The van der Waals surface area contributed by atoms with Crippen LogP contribution in [0.3, 0.4) is 0 Å². The summed E-state index contributed by atoms with van der Waals surface area (Å²) >= 11 is 0. The number of likely N-dealkylation sites (tertiary alicyclic amines) is 1.